The number of hydrogen-bond acceptors (Lipinski definition) is 5. The quantitative estimate of drug-likeness (QED) is 0.500. The first-order chi connectivity index (χ1) is 18.0. The predicted molar refractivity (Wildman–Crippen MR) is 156 cm³/mol. The number of H-pyrrole nitrogens is 1. The predicted octanol–water partition coefficient (Wildman–Crippen LogP) is 4.37. The van der Waals surface area contributed by atoms with E-state index in [-0.39, 0.29) is 0 Å². The summed E-state index contributed by atoms with van der Waals surface area (Å²) in [6.07, 6.45) is 22.4. The Labute approximate surface area is 221 Å². The standard InChI is InChI=1S/C29H38N6.CH5N/c1-6-8-18-35(17-7-2)24-10-9-11-25(21(3)20-24)31-22(4)23-12-14-26-27(15-13-23)33-28(32-26)29-30-16-19-34(29)5;1-2/h10-12,14-16,19-20H,6-9,13,17-18H2,1-5H3,(H,32,33);2H2,1H3. The summed E-state index contributed by atoms with van der Waals surface area (Å²) < 4.78 is 1.97. The van der Waals surface area contributed by atoms with Crippen molar-refractivity contribution >= 4 is 17.9 Å². The molecule has 3 N–H and O–H groups in total. The van der Waals surface area contributed by atoms with Crippen LogP contribution in [0, 0.1) is 0 Å². The SMILES string of the molecule is CCCCN(CCC)C1=CCC=C(N=C(C)C2=CC=c3[nH]c(-c4nccn4C)nc3=CC2)C(C)=C1.CN. The van der Waals surface area contributed by atoms with Crippen LogP contribution >= 0.6 is 0 Å². The van der Waals surface area contributed by atoms with Gasteiger partial charge in [-0.1, -0.05) is 44.6 Å². The van der Waals surface area contributed by atoms with E-state index in [2.05, 4.69) is 84.8 Å². The van der Waals surface area contributed by atoms with Gasteiger partial charge >= 0.3 is 0 Å². The van der Waals surface area contributed by atoms with Crippen LogP contribution in [0.25, 0.3) is 23.8 Å². The third kappa shape index (κ3) is 7.07. The summed E-state index contributed by atoms with van der Waals surface area (Å²) in [4.78, 5) is 20.2. The number of fused-ring (bicyclic) bond motifs is 1. The molecule has 198 valence electrons. The number of aromatic amines is 1. The number of aliphatic imine (C=N–C) groups is 1. The second-order valence-corrected chi connectivity index (χ2v) is 9.33. The lowest BCUT2D eigenvalue weighted by Crippen LogP contribution is -2.24. The van der Waals surface area contributed by atoms with E-state index in [1.807, 2.05) is 17.8 Å². The molecule has 0 saturated carbocycles. The molecule has 7 heteroatoms. The van der Waals surface area contributed by atoms with E-state index < -0.39 is 0 Å². The summed E-state index contributed by atoms with van der Waals surface area (Å²) in [6, 6.07) is 0. The molecule has 2 aromatic rings. The van der Waals surface area contributed by atoms with Crippen LogP contribution < -0.4 is 16.4 Å². The number of nitrogens with zero attached hydrogens (tertiary/aromatic N) is 5. The van der Waals surface area contributed by atoms with Gasteiger partial charge in [-0.2, -0.15) is 0 Å². The summed E-state index contributed by atoms with van der Waals surface area (Å²) in [5.41, 5.74) is 10.4. The van der Waals surface area contributed by atoms with Gasteiger partial charge in [0, 0.05) is 43.9 Å². The molecule has 7 nitrogen and oxygen atoms in total. The van der Waals surface area contributed by atoms with Gasteiger partial charge in [0.05, 0.1) is 16.4 Å². The first kappa shape index (κ1) is 28.1. The van der Waals surface area contributed by atoms with Gasteiger partial charge in [-0.15, -0.1) is 0 Å². The second-order valence-electron chi connectivity index (χ2n) is 9.33. The maximum atomic E-state index is 5.07. The molecule has 0 atom stereocenters. The zero-order valence-electron chi connectivity index (χ0n) is 23.4. The van der Waals surface area contributed by atoms with Crippen LogP contribution in [-0.4, -0.2) is 50.3 Å². The highest BCUT2D eigenvalue weighted by molar-refractivity contribution is 6.00. The number of aryl methyl sites for hydroxylation is 1. The molecule has 37 heavy (non-hydrogen) atoms. The van der Waals surface area contributed by atoms with Crippen molar-refractivity contribution in [1.29, 1.82) is 0 Å². The average Bonchev–Trinajstić information content (AvgIpc) is 3.40. The molecule has 2 aliphatic rings. The number of imidazole rings is 2. The fourth-order valence-electron chi connectivity index (χ4n) is 4.51. The van der Waals surface area contributed by atoms with E-state index in [1.54, 1.807) is 6.20 Å². The van der Waals surface area contributed by atoms with Crippen molar-refractivity contribution in [3.05, 3.63) is 69.9 Å². The minimum Gasteiger partial charge on any atom is -0.372 e. The molecule has 2 aliphatic carbocycles. The van der Waals surface area contributed by atoms with Crippen molar-refractivity contribution < 1.29 is 0 Å². The van der Waals surface area contributed by atoms with Gasteiger partial charge in [0.1, 0.15) is 0 Å². The lowest BCUT2D eigenvalue weighted by Gasteiger charge is -2.25. The van der Waals surface area contributed by atoms with Crippen molar-refractivity contribution in [2.24, 2.45) is 17.8 Å². The number of nitrogens with two attached hydrogens (primary N) is 1. The van der Waals surface area contributed by atoms with Crippen LogP contribution in [0.4, 0.5) is 0 Å². The monoisotopic (exact) mass is 501 g/mol. The number of unbranched alkanes of at least 4 members (excludes halogenated alkanes) is 1. The molecule has 2 heterocycles. The number of allylic oxidation sites excluding steroid dienone is 6. The normalized spacial score (nSPS) is 15.4. The molecule has 0 saturated heterocycles. The summed E-state index contributed by atoms with van der Waals surface area (Å²) >= 11 is 0. The van der Waals surface area contributed by atoms with Gasteiger partial charge in [-0.25, -0.2) is 9.97 Å². The molecule has 2 aromatic heterocycles. The topological polar surface area (TPSA) is 88.1 Å². The maximum absolute atomic E-state index is 5.07. The lowest BCUT2D eigenvalue weighted by atomic mass is 10.1. The number of nitrogens with one attached hydrogen (secondary N) is 1. The molecule has 0 spiro atoms. The Morgan fingerprint density at radius 3 is 2.65 bits per heavy atom. The highest BCUT2D eigenvalue weighted by atomic mass is 15.1. The van der Waals surface area contributed by atoms with E-state index in [4.69, 9.17) is 9.98 Å². The van der Waals surface area contributed by atoms with Crippen molar-refractivity contribution in [3.8, 4) is 11.6 Å². The Kier molecular flexibility index (Phi) is 10.4. The first-order valence-corrected chi connectivity index (χ1v) is 13.4. The van der Waals surface area contributed by atoms with Crippen LogP contribution in [0.5, 0.6) is 0 Å². The van der Waals surface area contributed by atoms with Crippen LogP contribution in [0.1, 0.15) is 59.8 Å². The number of aromatic nitrogens is 4. The van der Waals surface area contributed by atoms with Gasteiger partial charge in [-0.3, -0.25) is 4.99 Å². The van der Waals surface area contributed by atoms with Crippen molar-refractivity contribution in [2.45, 2.75) is 59.8 Å². The third-order valence-corrected chi connectivity index (χ3v) is 6.56. The molecular weight excluding hydrogens is 458 g/mol. The fourth-order valence-corrected chi connectivity index (χ4v) is 4.51. The van der Waals surface area contributed by atoms with Gasteiger partial charge < -0.3 is 20.2 Å². The van der Waals surface area contributed by atoms with Gasteiger partial charge in [0.15, 0.2) is 11.6 Å². The highest BCUT2D eigenvalue weighted by Crippen LogP contribution is 2.23. The van der Waals surface area contributed by atoms with E-state index in [1.165, 1.54) is 36.7 Å². The zero-order chi connectivity index (χ0) is 26.8. The van der Waals surface area contributed by atoms with Crippen LogP contribution in [-0.2, 0) is 7.05 Å². The highest BCUT2D eigenvalue weighted by Gasteiger charge is 2.13. The summed E-state index contributed by atoms with van der Waals surface area (Å²) in [5, 5.41) is 1.97. The van der Waals surface area contributed by atoms with Crippen LogP contribution in [0.3, 0.4) is 0 Å². The maximum Gasteiger partial charge on any atom is 0.175 e. The Bertz CT molecular complexity index is 1330. The fraction of sp³-hybridized carbons (Fsp3) is 0.433. The molecule has 0 fully saturated rings. The molecule has 0 bridgehead atoms. The van der Waals surface area contributed by atoms with Gasteiger partial charge in [0.25, 0.3) is 0 Å². The molecule has 0 radical (unpaired) electrons. The Hall–Kier alpha value is -3.45. The van der Waals surface area contributed by atoms with Crippen LogP contribution in [0.15, 0.2) is 64.2 Å². The number of rotatable bonds is 9. The molecular formula is C30H43N7. The van der Waals surface area contributed by atoms with Gasteiger partial charge in [-0.05, 0) is 69.9 Å². The second kappa shape index (κ2) is 13.7. The molecule has 0 unspecified atom stereocenters. The zero-order valence-corrected chi connectivity index (χ0v) is 23.4. The summed E-state index contributed by atoms with van der Waals surface area (Å²) in [5.74, 6) is 1.63. The Balaban J connectivity index is 0.00000186. The van der Waals surface area contributed by atoms with E-state index in [9.17, 15) is 0 Å². The Morgan fingerprint density at radius 1 is 1.14 bits per heavy atom. The summed E-state index contributed by atoms with van der Waals surface area (Å²) in [7, 11) is 3.48. The average molecular weight is 502 g/mol. The summed E-state index contributed by atoms with van der Waals surface area (Å²) in [6.45, 7) is 11.0. The minimum atomic E-state index is 0.793. The molecule has 4 rings (SSSR count). The molecule has 0 aromatic carbocycles. The molecule has 0 aliphatic heterocycles. The smallest absolute Gasteiger partial charge is 0.175 e. The van der Waals surface area contributed by atoms with Crippen molar-refractivity contribution in [2.75, 3.05) is 20.1 Å². The van der Waals surface area contributed by atoms with Crippen molar-refractivity contribution in [1.82, 2.24) is 24.4 Å². The minimum absolute atomic E-state index is 0.793. The largest absolute Gasteiger partial charge is 0.372 e. The van der Waals surface area contributed by atoms with E-state index in [0.29, 0.717) is 0 Å². The molecule has 0 amide bonds. The van der Waals surface area contributed by atoms with Gasteiger partial charge in [0.2, 0.25) is 0 Å². The van der Waals surface area contributed by atoms with E-state index in [0.717, 1.165) is 66.1 Å². The van der Waals surface area contributed by atoms with E-state index >= 15 is 0 Å². The first-order valence-electron chi connectivity index (χ1n) is 13.4. The van der Waals surface area contributed by atoms with Crippen molar-refractivity contribution in [3.63, 3.8) is 0 Å². The lowest BCUT2D eigenvalue weighted by molar-refractivity contribution is 0.346. The number of hydrogen-bond donors (Lipinski definition) is 2. The third-order valence-electron chi connectivity index (χ3n) is 6.56. The Morgan fingerprint density at radius 2 is 1.95 bits per heavy atom. The van der Waals surface area contributed by atoms with Crippen LogP contribution in [0.2, 0.25) is 0 Å².